The molecule has 0 N–H and O–H groups in total. The van der Waals surface area contributed by atoms with E-state index in [2.05, 4.69) is 40.8 Å². The van der Waals surface area contributed by atoms with Gasteiger partial charge in [-0.3, -0.25) is 4.90 Å². The van der Waals surface area contributed by atoms with Crippen molar-refractivity contribution < 1.29 is 9.47 Å². The minimum absolute atomic E-state index is 0.576. The fraction of sp³-hybridized carbons (Fsp3) is 0.409. The van der Waals surface area contributed by atoms with Gasteiger partial charge in [-0.25, -0.2) is 4.98 Å². The summed E-state index contributed by atoms with van der Waals surface area (Å²) in [6.07, 6.45) is 4.53. The van der Waals surface area contributed by atoms with E-state index in [4.69, 9.17) is 14.5 Å². The van der Waals surface area contributed by atoms with Gasteiger partial charge in [0, 0.05) is 28.3 Å². The molecule has 4 nitrogen and oxygen atoms in total. The van der Waals surface area contributed by atoms with Gasteiger partial charge in [0.05, 0.1) is 14.9 Å². The fourth-order valence-electron chi connectivity index (χ4n) is 3.92. The number of thioether (sulfide) groups is 1. The number of hydrogen-bond donors (Lipinski definition) is 0. The number of ether oxygens (including phenoxy) is 2. The molecule has 1 fully saturated rings. The van der Waals surface area contributed by atoms with Crippen LogP contribution in [0.1, 0.15) is 28.6 Å². The lowest BCUT2D eigenvalue weighted by Crippen LogP contribution is -2.32. The zero-order chi connectivity index (χ0) is 19.6. The van der Waals surface area contributed by atoms with Crippen molar-refractivity contribution >= 4 is 34.4 Å². The van der Waals surface area contributed by atoms with Crippen molar-refractivity contribution in [2.75, 3.05) is 32.6 Å². The minimum atomic E-state index is 0.576. The van der Waals surface area contributed by atoms with Gasteiger partial charge in [-0.2, -0.15) is 0 Å². The van der Waals surface area contributed by atoms with Crippen LogP contribution in [-0.2, 0) is 6.54 Å². The van der Waals surface area contributed by atoms with Crippen molar-refractivity contribution in [2.24, 2.45) is 0 Å². The molecule has 7 heteroatoms. The van der Waals surface area contributed by atoms with E-state index >= 15 is 0 Å². The summed E-state index contributed by atoms with van der Waals surface area (Å²) in [5.41, 5.74) is 2.16. The number of rotatable bonds is 5. The first-order valence-corrected chi connectivity index (χ1v) is 12.9. The van der Waals surface area contributed by atoms with Crippen molar-refractivity contribution in [1.82, 2.24) is 9.88 Å². The number of benzene rings is 1. The summed E-state index contributed by atoms with van der Waals surface area (Å²) in [5.74, 6) is 2.24. The lowest BCUT2D eigenvalue weighted by Gasteiger charge is -2.30. The first kappa shape index (κ1) is 19.4. The molecule has 2 aromatic heterocycles. The molecule has 0 amide bonds. The molecule has 0 spiro atoms. The maximum absolute atomic E-state index is 5.72. The highest BCUT2D eigenvalue weighted by atomic mass is 32.2. The predicted molar refractivity (Wildman–Crippen MR) is 122 cm³/mol. The van der Waals surface area contributed by atoms with Crippen LogP contribution in [0.4, 0.5) is 0 Å². The number of aromatic nitrogens is 1. The Morgan fingerprint density at radius 2 is 1.93 bits per heavy atom. The van der Waals surface area contributed by atoms with Crippen LogP contribution in [0.15, 0.2) is 39.9 Å². The minimum Gasteiger partial charge on any atom is -0.486 e. The quantitative estimate of drug-likeness (QED) is 0.469. The largest absolute Gasteiger partial charge is 0.486 e. The maximum atomic E-state index is 5.72. The Kier molecular flexibility index (Phi) is 5.81. The first-order valence-electron chi connectivity index (χ1n) is 9.99. The molecule has 0 radical (unpaired) electrons. The average Bonchev–Trinajstić information content (AvgIpc) is 3.44. The number of hydrogen-bond acceptors (Lipinski definition) is 7. The summed E-state index contributed by atoms with van der Waals surface area (Å²) in [6, 6.07) is 10.7. The molecule has 0 bridgehead atoms. The molecule has 0 atom stereocenters. The number of fused-ring (bicyclic) bond motifs is 1. The summed E-state index contributed by atoms with van der Waals surface area (Å²) >= 11 is 5.56. The molecule has 5 rings (SSSR count). The van der Waals surface area contributed by atoms with Crippen LogP contribution in [0.5, 0.6) is 11.5 Å². The van der Waals surface area contributed by atoms with Crippen molar-refractivity contribution in [3.05, 3.63) is 45.6 Å². The van der Waals surface area contributed by atoms with E-state index < -0.39 is 0 Å². The van der Waals surface area contributed by atoms with Crippen LogP contribution >= 0.6 is 34.4 Å². The Hall–Kier alpha value is -1.54. The highest BCUT2D eigenvalue weighted by Gasteiger charge is 2.24. The highest BCUT2D eigenvalue weighted by Crippen LogP contribution is 2.37. The molecule has 0 aliphatic carbocycles. The van der Waals surface area contributed by atoms with Gasteiger partial charge < -0.3 is 9.47 Å². The number of piperidine rings is 1. The molecule has 1 aromatic carbocycles. The van der Waals surface area contributed by atoms with E-state index in [0.717, 1.165) is 42.4 Å². The summed E-state index contributed by atoms with van der Waals surface area (Å²) in [5, 5.41) is 3.46. The molecule has 4 heterocycles. The van der Waals surface area contributed by atoms with Crippen molar-refractivity contribution in [3.63, 3.8) is 0 Å². The van der Waals surface area contributed by atoms with E-state index in [9.17, 15) is 0 Å². The summed E-state index contributed by atoms with van der Waals surface area (Å²) in [4.78, 5) is 9.04. The third-order valence-corrected chi connectivity index (χ3v) is 8.67. The molecule has 2 aliphatic heterocycles. The van der Waals surface area contributed by atoms with Crippen molar-refractivity contribution in [2.45, 2.75) is 29.5 Å². The molecule has 0 unspecified atom stereocenters. The van der Waals surface area contributed by atoms with Gasteiger partial charge in [0.2, 0.25) is 0 Å². The Morgan fingerprint density at radius 3 is 2.72 bits per heavy atom. The van der Waals surface area contributed by atoms with Gasteiger partial charge in [-0.1, -0.05) is 0 Å². The Balaban J connectivity index is 1.21. The smallest absolute Gasteiger partial charge is 0.162 e. The summed E-state index contributed by atoms with van der Waals surface area (Å²) < 4.78 is 12.8. The molecule has 152 valence electrons. The van der Waals surface area contributed by atoms with Crippen LogP contribution in [0.2, 0.25) is 0 Å². The van der Waals surface area contributed by atoms with Crippen molar-refractivity contribution in [3.8, 4) is 22.8 Å². The zero-order valence-electron chi connectivity index (χ0n) is 16.4. The zero-order valence-corrected chi connectivity index (χ0v) is 18.9. The third kappa shape index (κ3) is 4.33. The lowest BCUT2D eigenvalue weighted by atomic mass is 9.97. The molecule has 0 saturated carbocycles. The summed E-state index contributed by atoms with van der Waals surface area (Å²) in [6.45, 7) is 4.61. The van der Waals surface area contributed by atoms with E-state index in [-0.39, 0.29) is 0 Å². The topological polar surface area (TPSA) is 34.6 Å². The molecule has 3 aromatic rings. The number of likely N-dealkylation sites (tertiary alicyclic amines) is 1. The molecular formula is C22H24N2O2S3. The number of thiophene rings is 1. The van der Waals surface area contributed by atoms with Crippen LogP contribution in [0, 0.1) is 0 Å². The maximum Gasteiger partial charge on any atom is 0.162 e. The number of nitrogens with zero attached hydrogens (tertiary/aromatic N) is 2. The number of thiazole rings is 1. The molecular weight excluding hydrogens is 420 g/mol. The Morgan fingerprint density at radius 1 is 1.10 bits per heavy atom. The SMILES string of the molecule is CSc1ccc(CN2CCC(c3nc(-c4ccc5c(c4)OCCO5)cs3)CC2)s1. The van der Waals surface area contributed by atoms with Crippen LogP contribution in [-0.4, -0.2) is 42.4 Å². The van der Waals surface area contributed by atoms with Gasteiger partial charge in [0.25, 0.3) is 0 Å². The van der Waals surface area contributed by atoms with Crippen LogP contribution < -0.4 is 9.47 Å². The van der Waals surface area contributed by atoms with Gasteiger partial charge in [-0.15, -0.1) is 34.4 Å². The van der Waals surface area contributed by atoms with E-state index in [1.54, 1.807) is 11.3 Å². The molecule has 29 heavy (non-hydrogen) atoms. The summed E-state index contributed by atoms with van der Waals surface area (Å²) in [7, 11) is 0. The van der Waals surface area contributed by atoms with Gasteiger partial charge >= 0.3 is 0 Å². The highest BCUT2D eigenvalue weighted by molar-refractivity contribution is 8.00. The molecule has 1 saturated heterocycles. The second-order valence-corrected chi connectivity index (χ2v) is 10.6. The average molecular weight is 445 g/mol. The van der Waals surface area contributed by atoms with Crippen molar-refractivity contribution in [1.29, 1.82) is 0 Å². The van der Waals surface area contributed by atoms with Gasteiger partial charge in [0.15, 0.2) is 11.5 Å². The fourth-order valence-corrected chi connectivity index (χ4v) is 6.56. The van der Waals surface area contributed by atoms with Gasteiger partial charge in [-0.05, 0) is 62.5 Å². The molecule has 2 aliphatic rings. The lowest BCUT2D eigenvalue weighted by molar-refractivity contribution is 0.171. The second-order valence-electron chi connectivity index (χ2n) is 7.40. The van der Waals surface area contributed by atoms with E-state index in [0.29, 0.717) is 19.1 Å². The van der Waals surface area contributed by atoms with E-state index in [1.165, 1.54) is 26.9 Å². The van der Waals surface area contributed by atoms with Crippen LogP contribution in [0.3, 0.4) is 0 Å². The van der Waals surface area contributed by atoms with Gasteiger partial charge in [0.1, 0.15) is 13.2 Å². The Bertz CT molecular complexity index is 976. The standard InChI is InChI=1S/C22H24N2O2S3/c1-27-21-5-3-17(29-21)13-24-8-6-15(7-9-24)22-23-18(14-28-22)16-2-4-19-20(12-16)26-11-10-25-19/h2-5,12,14-15H,6-11,13H2,1H3. The third-order valence-electron chi connectivity index (χ3n) is 5.51. The monoisotopic (exact) mass is 444 g/mol. The Labute approximate surface area is 183 Å². The first-order chi connectivity index (χ1) is 14.3. The van der Waals surface area contributed by atoms with Crippen LogP contribution in [0.25, 0.3) is 11.3 Å². The predicted octanol–water partition coefficient (Wildman–Crippen LogP) is 5.74. The normalized spacial score (nSPS) is 17.6. The second kappa shape index (κ2) is 8.68. The van der Waals surface area contributed by atoms with E-state index in [1.807, 2.05) is 29.2 Å².